The number of carbonyl (C=O) groups excluding carboxylic acids is 4. The van der Waals surface area contributed by atoms with Gasteiger partial charge in [0.15, 0.2) is 6.10 Å². The number of rotatable bonds is 5. The van der Waals surface area contributed by atoms with E-state index in [9.17, 15) is 19.2 Å². The average Bonchev–Trinajstić information content (AvgIpc) is 2.37. The first kappa shape index (κ1) is 18.9. The zero-order valence-electron chi connectivity index (χ0n) is 13.4. The van der Waals surface area contributed by atoms with Crippen LogP contribution in [0.3, 0.4) is 0 Å². The van der Waals surface area contributed by atoms with Crippen molar-refractivity contribution in [1.82, 2.24) is 0 Å². The Labute approximate surface area is 133 Å². The molecule has 0 bridgehead atoms. The third-order valence-electron chi connectivity index (χ3n) is 2.85. The molecule has 0 saturated carbocycles. The molecule has 0 aromatic heterocycles. The molecular weight excluding hydrogens is 312 g/mol. The van der Waals surface area contributed by atoms with Crippen LogP contribution in [0.25, 0.3) is 0 Å². The van der Waals surface area contributed by atoms with E-state index in [1.165, 1.54) is 27.7 Å². The molecule has 0 radical (unpaired) electrons. The summed E-state index contributed by atoms with van der Waals surface area (Å²) in [5.74, 6) is -2.36. The van der Waals surface area contributed by atoms with Gasteiger partial charge >= 0.3 is 23.9 Å². The molecule has 1 aliphatic heterocycles. The Bertz CT molecular complexity index is 473. The first-order chi connectivity index (χ1) is 10.7. The van der Waals surface area contributed by atoms with Gasteiger partial charge in [0, 0.05) is 27.7 Å². The van der Waals surface area contributed by atoms with Crippen LogP contribution in [0.4, 0.5) is 0 Å². The van der Waals surface area contributed by atoms with Gasteiger partial charge in [-0.25, -0.2) is 0 Å². The maximum absolute atomic E-state index is 11.3. The Kier molecular flexibility index (Phi) is 6.95. The molecular formula is C14H20O9. The van der Waals surface area contributed by atoms with Gasteiger partial charge in [0.2, 0.25) is 6.29 Å². The molecule has 1 saturated heterocycles. The van der Waals surface area contributed by atoms with Crippen LogP contribution in [-0.4, -0.2) is 55.1 Å². The molecule has 4 atom stereocenters. The predicted octanol–water partition coefficient (Wildman–Crippen LogP) is 0.0910. The summed E-state index contributed by atoms with van der Waals surface area (Å²) < 4.78 is 25.6. The van der Waals surface area contributed by atoms with E-state index in [1.54, 1.807) is 0 Å². The largest absolute Gasteiger partial charge is 0.463 e. The molecule has 0 N–H and O–H groups in total. The van der Waals surface area contributed by atoms with Gasteiger partial charge in [-0.1, -0.05) is 0 Å². The smallest absolute Gasteiger partial charge is 0.304 e. The van der Waals surface area contributed by atoms with Crippen LogP contribution in [0.1, 0.15) is 34.1 Å². The van der Waals surface area contributed by atoms with E-state index < -0.39 is 48.5 Å². The van der Waals surface area contributed by atoms with Crippen molar-refractivity contribution in [1.29, 1.82) is 0 Å². The summed E-state index contributed by atoms with van der Waals surface area (Å²) in [4.78, 5) is 44.6. The zero-order valence-corrected chi connectivity index (χ0v) is 13.4. The lowest BCUT2D eigenvalue weighted by atomic mass is 10.0. The van der Waals surface area contributed by atoms with Gasteiger partial charge in [-0.15, -0.1) is 0 Å². The number of hydrogen-bond acceptors (Lipinski definition) is 9. The van der Waals surface area contributed by atoms with Gasteiger partial charge in [-0.05, 0) is 0 Å². The van der Waals surface area contributed by atoms with E-state index in [2.05, 4.69) is 0 Å². The van der Waals surface area contributed by atoms with Crippen LogP contribution in [-0.2, 0) is 42.9 Å². The van der Waals surface area contributed by atoms with Crippen molar-refractivity contribution < 1.29 is 42.9 Å². The fraction of sp³-hybridized carbons (Fsp3) is 0.714. The maximum atomic E-state index is 11.3. The molecule has 130 valence electrons. The van der Waals surface area contributed by atoms with E-state index in [0.29, 0.717) is 0 Å². The Morgan fingerprint density at radius 3 is 1.91 bits per heavy atom. The fourth-order valence-corrected chi connectivity index (χ4v) is 2.16. The van der Waals surface area contributed by atoms with Crippen molar-refractivity contribution >= 4 is 23.9 Å². The Morgan fingerprint density at radius 2 is 1.43 bits per heavy atom. The van der Waals surface area contributed by atoms with Gasteiger partial charge in [0.1, 0.15) is 18.8 Å². The van der Waals surface area contributed by atoms with Crippen molar-refractivity contribution in [2.45, 2.75) is 58.7 Å². The average molecular weight is 332 g/mol. The standard InChI is InChI=1S/C14H20O9/c1-7(15)19-6-12-14(22-10(4)18)11(20-8(2)16)5-13(23-12)21-9(3)17/h11-14H,5-6H2,1-4H3/t11-,12?,13+,14-/m1/s1. The highest BCUT2D eigenvalue weighted by Gasteiger charge is 2.44. The molecule has 1 aliphatic rings. The molecule has 9 heteroatoms. The quantitative estimate of drug-likeness (QED) is 0.510. The van der Waals surface area contributed by atoms with Crippen molar-refractivity contribution in [3.05, 3.63) is 0 Å². The summed E-state index contributed by atoms with van der Waals surface area (Å²) in [5, 5.41) is 0. The molecule has 0 amide bonds. The minimum absolute atomic E-state index is 0.00627. The minimum Gasteiger partial charge on any atom is -0.463 e. The van der Waals surface area contributed by atoms with E-state index >= 15 is 0 Å². The second-order valence-corrected chi connectivity index (χ2v) is 4.97. The Balaban J connectivity index is 2.94. The van der Waals surface area contributed by atoms with Crippen molar-refractivity contribution in [2.24, 2.45) is 0 Å². The SMILES string of the molecule is CC(=O)OCC1O[C@H](OC(C)=O)C[C@@H](OC(C)=O)[C@H]1OC(C)=O. The fourth-order valence-electron chi connectivity index (χ4n) is 2.16. The third-order valence-corrected chi connectivity index (χ3v) is 2.85. The Hall–Kier alpha value is -2.16. The van der Waals surface area contributed by atoms with Crippen LogP contribution >= 0.6 is 0 Å². The number of hydrogen-bond donors (Lipinski definition) is 0. The molecule has 23 heavy (non-hydrogen) atoms. The minimum atomic E-state index is -1.01. The summed E-state index contributed by atoms with van der Waals surface area (Å²) in [5.41, 5.74) is 0. The lowest BCUT2D eigenvalue weighted by molar-refractivity contribution is -0.260. The summed E-state index contributed by atoms with van der Waals surface area (Å²) >= 11 is 0. The predicted molar refractivity (Wildman–Crippen MR) is 72.8 cm³/mol. The van der Waals surface area contributed by atoms with E-state index in [1.807, 2.05) is 0 Å². The summed E-state index contributed by atoms with van der Waals surface area (Å²) in [6, 6.07) is 0. The first-order valence-corrected chi connectivity index (χ1v) is 6.99. The highest BCUT2D eigenvalue weighted by Crippen LogP contribution is 2.27. The number of carbonyl (C=O) groups is 4. The van der Waals surface area contributed by atoms with Gasteiger partial charge in [0.05, 0.1) is 6.42 Å². The lowest BCUT2D eigenvalue weighted by Gasteiger charge is -2.39. The first-order valence-electron chi connectivity index (χ1n) is 6.99. The third kappa shape index (κ3) is 6.64. The van der Waals surface area contributed by atoms with Crippen molar-refractivity contribution in [3.63, 3.8) is 0 Å². The van der Waals surface area contributed by atoms with Crippen LogP contribution in [0.5, 0.6) is 0 Å². The van der Waals surface area contributed by atoms with Crippen LogP contribution in [0, 0.1) is 0 Å². The van der Waals surface area contributed by atoms with Crippen molar-refractivity contribution in [2.75, 3.05) is 6.61 Å². The van der Waals surface area contributed by atoms with Crippen molar-refractivity contribution in [3.8, 4) is 0 Å². The molecule has 1 heterocycles. The monoisotopic (exact) mass is 332 g/mol. The van der Waals surface area contributed by atoms with Crippen LogP contribution < -0.4 is 0 Å². The summed E-state index contributed by atoms with van der Waals surface area (Å²) in [6.07, 6.45) is -3.83. The molecule has 1 rings (SSSR count). The van der Waals surface area contributed by atoms with E-state index in [0.717, 1.165) is 0 Å². The highest BCUT2D eigenvalue weighted by atomic mass is 16.7. The molecule has 0 aromatic rings. The van der Waals surface area contributed by atoms with Crippen LogP contribution in [0.2, 0.25) is 0 Å². The maximum Gasteiger partial charge on any atom is 0.304 e. The molecule has 0 aliphatic carbocycles. The zero-order chi connectivity index (χ0) is 17.6. The molecule has 0 spiro atoms. The summed E-state index contributed by atoms with van der Waals surface area (Å²) in [7, 11) is 0. The summed E-state index contributed by atoms with van der Waals surface area (Å²) in [6.45, 7) is 4.54. The topological polar surface area (TPSA) is 114 Å². The van der Waals surface area contributed by atoms with Crippen LogP contribution in [0.15, 0.2) is 0 Å². The number of ether oxygens (including phenoxy) is 5. The van der Waals surface area contributed by atoms with Gasteiger partial charge < -0.3 is 23.7 Å². The Morgan fingerprint density at radius 1 is 0.870 bits per heavy atom. The van der Waals surface area contributed by atoms with Gasteiger partial charge in [0.25, 0.3) is 0 Å². The second-order valence-electron chi connectivity index (χ2n) is 4.97. The van der Waals surface area contributed by atoms with E-state index in [4.69, 9.17) is 23.7 Å². The lowest BCUT2D eigenvalue weighted by Crippen LogP contribution is -2.54. The highest BCUT2D eigenvalue weighted by molar-refractivity contribution is 5.68. The number of esters is 4. The second kappa shape index (κ2) is 8.47. The van der Waals surface area contributed by atoms with Gasteiger partial charge in [-0.3, -0.25) is 19.2 Å². The molecule has 0 aromatic carbocycles. The molecule has 1 unspecified atom stereocenters. The molecule has 9 nitrogen and oxygen atoms in total. The molecule has 1 fully saturated rings. The normalized spacial score (nSPS) is 26.8. The van der Waals surface area contributed by atoms with Gasteiger partial charge in [-0.2, -0.15) is 0 Å². The van der Waals surface area contributed by atoms with E-state index in [-0.39, 0.29) is 13.0 Å².